The second-order valence-electron chi connectivity index (χ2n) is 8.68. The van der Waals surface area contributed by atoms with Crippen LogP contribution in [0.5, 0.6) is 0 Å². The summed E-state index contributed by atoms with van der Waals surface area (Å²) in [5.41, 5.74) is 0. The van der Waals surface area contributed by atoms with Gasteiger partial charge in [0.1, 0.15) is 15.9 Å². The number of sulfone groups is 1. The molecule has 1 amide bonds. The summed E-state index contributed by atoms with van der Waals surface area (Å²) in [5, 5.41) is 11.6. The highest BCUT2D eigenvalue weighted by Crippen LogP contribution is 2.13. The van der Waals surface area contributed by atoms with E-state index in [0.29, 0.717) is 6.42 Å². The molecule has 6 nitrogen and oxygen atoms in total. The summed E-state index contributed by atoms with van der Waals surface area (Å²) in [4.78, 5) is 23.2. The van der Waals surface area contributed by atoms with Crippen LogP contribution < -0.4 is 5.32 Å². The Morgan fingerprint density at radius 1 is 0.742 bits per heavy atom. The summed E-state index contributed by atoms with van der Waals surface area (Å²) >= 11 is 0. The van der Waals surface area contributed by atoms with E-state index in [0.717, 1.165) is 19.3 Å². The van der Waals surface area contributed by atoms with Gasteiger partial charge in [-0.1, -0.05) is 104 Å². The van der Waals surface area contributed by atoms with Gasteiger partial charge in [0.2, 0.25) is 5.91 Å². The molecule has 184 valence electrons. The van der Waals surface area contributed by atoms with E-state index in [2.05, 4.69) is 12.2 Å². The molecule has 0 aliphatic rings. The monoisotopic (exact) mass is 461 g/mol. The van der Waals surface area contributed by atoms with Crippen molar-refractivity contribution in [3.63, 3.8) is 0 Å². The third-order valence-corrected chi connectivity index (χ3v) is 7.54. The minimum Gasteiger partial charge on any atom is -0.480 e. The molecular formula is C24H47NO5S. The molecule has 0 saturated carbocycles. The van der Waals surface area contributed by atoms with Crippen molar-refractivity contribution < 1.29 is 23.1 Å². The molecule has 7 heteroatoms. The van der Waals surface area contributed by atoms with E-state index in [1.807, 2.05) is 0 Å². The number of carbonyl (C=O) groups excluding carboxylic acids is 1. The molecule has 0 aliphatic heterocycles. The molecule has 0 saturated heterocycles. The van der Waals surface area contributed by atoms with Crippen LogP contribution in [0.4, 0.5) is 0 Å². The number of hydrogen-bond acceptors (Lipinski definition) is 4. The normalized spacial score (nSPS) is 12.6. The Balaban J connectivity index is 3.60. The first-order chi connectivity index (χ1) is 14.8. The van der Waals surface area contributed by atoms with E-state index >= 15 is 0 Å². The van der Waals surface area contributed by atoms with Gasteiger partial charge >= 0.3 is 5.97 Å². The summed E-state index contributed by atoms with van der Waals surface area (Å²) in [6, 6.07) is -1.13. The number of unbranched alkanes of at least 4 members (excludes halogenated alkanes) is 14. The molecule has 0 radical (unpaired) electrons. The molecule has 0 aromatic carbocycles. The van der Waals surface area contributed by atoms with E-state index in [9.17, 15) is 23.1 Å². The molecule has 0 rings (SSSR count). The standard InChI is InChI=1S/C24H47NO5S/c1-3-5-6-7-8-9-10-11-12-13-14-15-16-17-18-19-23(26)25-22(24(27)28)20-21-31(29,30)4-2/h22H,3-21H2,1-2H3,(H,25,26)(H,27,28). The molecule has 0 aromatic rings. The van der Waals surface area contributed by atoms with Crippen molar-refractivity contribution in [2.45, 2.75) is 129 Å². The van der Waals surface area contributed by atoms with Gasteiger partial charge in [0.05, 0.1) is 5.75 Å². The van der Waals surface area contributed by atoms with Crippen molar-refractivity contribution in [3.8, 4) is 0 Å². The summed E-state index contributed by atoms with van der Waals surface area (Å²) in [6.45, 7) is 3.78. The van der Waals surface area contributed by atoms with Crippen LogP contribution in [0.15, 0.2) is 0 Å². The van der Waals surface area contributed by atoms with E-state index in [-0.39, 0.29) is 23.8 Å². The second-order valence-corrected chi connectivity index (χ2v) is 11.2. The van der Waals surface area contributed by atoms with Gasteiger partial charge in [-0.25, -0.2) is 13.2 Å². The number of aliphatic carboxylic acids is 1. The minimum atomic E-state index is -3.24. The number of carboxylic acids is 1. The third kappa shape index (κ3) is 19.3. The van der Waals surface area contributed by atoms with Gasteiger partial charge in [0.15, 0.2) is 0 Å². The zero-order valence-electron chi connectivity index (χ0n) is 20.0. The van der Waals surface area contributed by atoms with Crippen molar-refractivity contribution >= 4 is 21.7 Å². The fraction of sp³-hybridized carbons (Fsp3) is 0.917. The van der Waals surface area contributed by atoms with Gasteiger partial charge < -0.3 is 10.4 Å². The van der Waals surface area contributed by atoms with Gasteiger partial charge in [0.25, 0.3) is 0 Å². The van der Waals surface area contributed by atoms with E-state index in [1.165, 1.54) is 84.0 Å². The minimum absolute atomic E-state index is 0.0214. The fourth-order valence-electron chi connectivity index (χ4n) is 3.62. The quantitative estimate of drug-likeness (QED) is 0.203. The van der Waals surface area contributed by atoms with E-state index in [1.54, 1.807) is 0 Å². The number of hydrogen-bond donors (Lipinski definition) is 2. The molecule has 2 N–H and O–H groups in total. The topological polar surface area (TPSA) is 101 Å². The van der Waals surface area contributed by atoms with Crippen molar-refractivity contribution in [1.29, 1.82) is 0 Å². The Morgan fingerprint density at radius 2 is 1.16 bits per heavy atom. The lowest BCUT2D eigenvalue weighted by atomic mass is 10.0. The van der Waals surface area contributed by atoms with Gasteiger partial charge in [-0.15, -0.1) is 0 Å². The number of amides is 1. The lowest BCUT2D eigenvalue weighted by Crippen LogP contribution is -2.41. The number of rotatable bonds is 22. The van der Waals surface area contributed by atoms with Crippen molar-refractivity contribution in [2.75, 3.05) is 11.5 Å². The average molecular weight is 462 g/mol. The average Bonchev–Trinajstić information content (AvgIpc) is 2.73. The predicted molar refractivity (Wildman–Crippen MR) is 128 cm³/mol. The van der Waals surface area contributed by atoms with Crippen LogP contribution in [-0.2, 0) is 19.4 Å². The van der Waals surface area contributed by atoms with E-state index < -0.39 is 21.8 Å². The molecule has 1 unspecified atom stereocenters. The molecule has 0 spiro atoms. The maximum atomic E-state index is 12.0. The lowest BCUT2D eigenvalue weighted by molar-refractivity contribution is -0.141. The summed E-state index contributed by atoms with van der Waals surface area (Å²) in [5.74, 6) is -1.74. The van der Waals surface area contributed by atoms with Gasteiger partial charge in [0, 0.05) is 12.2 Å². The maximum absolute atomic E-state index is 12.0. The Hall–Kier alpha value is -1.11. The number of carbonyl (C=O) groups is 2. The smallest absolute Gasteiger partial charge is 0.326 e. The van der Waals surface area contributed by atoms with Crippen LogP contribution in [-0.4, -0.2) is 42.9 Å². The largest absolute Gasteiger partial charge is 0.480 e. The molecule has 31 heavy (non-hydrogen) atoms. The first-order valence-electron chi connectivity index (χ1n) is 12.5. The SMILES string of the molecule is CCCCCCCCCCCCCCCCCC(=O)NC(CCS(=O)(=O)CC)C(=O)O. The van der Waals surface area contributed by atoms with Gasteiger partial charge in [-0.2, -0.15) is 0 Å². The van der Waals surface area contributed by atoms with E-state index in [4.69, 9.17) is 0 Å². The molecule has 0 heterocycles. The van der Waals surface area contributed by atoms with Crippen LogP contribution in [0.1, 0.15) is 123 Å². The molecule has 0 aromatic heterocycles. The molecular weight excluding hydrogens is 414 g/mol. The Labute approximate surface area is 190 Å². The highest BCUT2D eigenvalue weighted by molar-refractivity contribution is 7.91. The first-order valence-corrected chi connectivity index (χ1v) is 14.4. The number of carboxylic acid groups (broad SMARTS) is 1. The Kier molecular flexibility index (Phi) is 18.9. The molecule has 1 atom stereocenters. The van der Waals surface area contributed by atoms with Crippen LogP contribution in [0.25, 0.3) is 0 Å². The highest BCUT2D eigenvalue weighted by atomic mass is 32.2. The Bertz CT molecular complexity index is 562. The first kappa shape index (κ1) is 29.9. The summed E-state index contributed by atoms with van der Waals surface area (Å²) < 4.78 is 23.1. The molecule has 0 aliphatic carbocycles. The summed E-state index contributed by atoms with van der Waals surface area (Å²) in [7, 11) is -3.24. The molecule has 0 bridgehead atoms. The highest BCUT2D eigenvalue weighted by Gasteiger charge is 2.22. The van der Waals surface area contributed by atoms with Crippen molar-refractivity contribution in [3.05, 3.63) is 0 Å². The van der Waals surface area contributed by atoms with Crippen molar-refractivity contribution in [2.24, 2.45) is 0 Å². The second kappa shape index (κ2) is 19.6. The zero-order valence-corrected chi connectivity index (χ0v) is 20.8. The number of nitrogens with one attached hydrogen (secondary N) is 1. The van der Waals surface area contributed by atoms with Gasteiger partial charge in [-0.05, 0) is 12.8 Å². The zero-order chi connectivity index (χ0) is 23.4. The maximum Gasteiger partial charge on any atom is 0.326 e. The summed E-state index contributed by atoms with van der Waals surface area (Å²) in [6.07, 6.45) is 19.0. The van der Waals surface area contributed by atoms with Crippen LogP contribution in [0.2, 0.25) is 0 Å². The van der Waals surface area contributed by atoms with Crippen LogP contribution >= 0.6 is 0 Å². The third-order valence-electron chi connectivity index (χ3n) is 5.80. The predicted octanol–water partition coefficient (Wildman–Crippen LogP) is 5.64. The van der Waals surface area contributed by atoms with Gasteiger partial charge in [-0.3, -0.25) is 4.79 Å². The van der Waals surface area contributed by atoms with Crippen LogP contribution in [0, 0.1) is 0 Å². The van der Waals surface area contributed by atoms with Crippen molar-refractivity contribution in [1.82, 2.24) is 5.32 Å². The van der Waals surface area contributed by atoms with Crippen LogP contribution in [0.3, 0.4) is 0 Å². The molecule has 0 fully saturated rings. The fourth-order valence-corrected chi connectivity index (χ4v) is 4.51. The lowest BCUT2D eigenvalue weighted by Gasteiger charge is -2.14. The Morgan fingerprint density at radius 3 is 1.55 bits per heavy atom.